The maximum Gasteiger partial charge on any atom is 0.261 e. The summed E-state index contributed by atoms with van der Waals surface area (Å²) in [5.41, 5.74) is 0.793. The molecule has 0 N–H and O–H groups in total. The second-order valence-corrected chi connectivity index (χ2v) is 6.58. The minimum atomic E-state index is 0.0537. The van der Waals surface area contributed by atoms with E-state index in [9.17, 15) is 4.79 Å². The number of hydrogen-bond donors (Lipinski definition) is 0. The van der Waals surface area contributed by atoms with Gasteiger partial charge in [0.2, 0.25) is 0 Å². The minimum absolute atomic E-state index is 0.0537. The predicted octanol–water partition coefficient (Wildman–Crippen LogP) is 3.59. The molecule has 0 amide bonds. The van der Waals surface area contributed by atoms with E-state index >= 15 is 0 Å². The fourth-order valence-electron chi connectivity index (χ4n) is 3.03. The molecular formula is C15H17ClN2OS. The standard InChI is InChI=1S/C15H17ClN2OS/c1-20-11-7-6-10(8-11)18-14(9-16)17-13-5-3-2-4-12(13)15(18)19/h2-5,10-11H,6-9H2,1H3. The highest BCUT2D eigenvalue weighted by Crippen LogP contribution is 2.36. The Morgan fingerprint density at radius 2 is 2.20 bits per heavy atom. The zero-order valence-corrected chi connectivity index (χ0v) is 13.0. The van der Waals surface area contributed by atoms with Gasteiger partial charge < -0.3 is 0 Å². The third kappa shape index (κ3) is 2.35. The van der Waals surface area contributed by atoms with Crippen molar-refractivity contribution in [1.29, 1.82) is 0 Å². The number of nitrogens with zero attached hydrogens (tertiary/aromatic N) is 2. The molecule has 1 fully saturated rings. The lowest BCUT2D eigenvalue weighted by Gasteiger charge is -2.18. The van der Waals surface area contributed by atoms with Gasteiger partial charge in [0.1, 0.15) is 5.82 Å². The van der Waals surface area contributed by atoms with Gasteiger partial charge in [-0.15, -0.1) is 11.6 Å². The molecule has 2 unspecified atom stereocenters. The fraction of sp³-hybridized carbons (Fsp3) is 0.467. The average molecular weight is 309 g/mol. The number of halogens is 1. The molecule has 0 bridgehead atoms. The van der Waals surface area contributed by atoms with Crippen LogP contribution in [0.25, 0.3) is 10.9 Å². The van der Waals surface area contributed by atoms with Crippen LogP contribution in [0.15, 0.2) is 29.1 Å². The van der Waals surface area contributed by atoms with Crippen LogP contribution >= 0.6 is 23.4 Å². The predicted molar refractivity (Wildman–Crippen MR) is 85.8 cm³/mol. The Kier molecular flexibility index (Phi) is 4.03. The summed E-state index contributed by atoms with van der Waals surface area (Å²) in [5.74, 6) is 0.975. The molecule has 1 aromatic heterocycles. The monoisotopic (exact) mass is 308 g/mol. The minimum Gasteiger partial charge on any atom is -0.292 e. The largest absolute Gasteiger partial charge is 0.292 e. The molecule has 5 heteroatoms. The number of para-hydroxylation sites is 1. The Labute approximate surface area is 127 Å². The van der Waals surface area contributed by atoms with Gasteiger partial charge in [0.25, 0.3) is 5.56 Å². The molecule has 0 saturated heterocycles. The summed E-state index contributed by atoms with van der Waals surface area (Å²) in [5, 5.41) is 1.33. The molecule has 2 aromatic rings. The Morgan fingerprint density at radius 3 is 2.90 bits per heavy atom. The fourth-order valence-corrected chi connectivity index (χ4v) is 4.00. The van der Waals surface area contributed by atoms with Crippen LogP contribution in [0, 0.1) is 0 Å². The van der Waals surface area contributed by atoms with Crippen molar-refractivity contribution in [2.75, 3.05) is 6.26 Å². The van der Waals surface area contributed by atoms with Gasteiger partial charge in [-0.1, -0.05) is 12.1 Å². The van der Waals surface area contributed by atoms with Crippen molar-refractivity contribution in [3.63, 3.8) is 0 Å². The van der Waals surface area contributed by atoms with Gasteiger partial charge in [-0.2, -0.15) is 11.8 Å². The summed E-state index contributed by atoms with van der Waals surface area (Å²) >= 11 is 7.91. The molecule has 1 aliphatic carbocycles. The number of alkyl halides is 1. The van der Waals surface area contributed by atoms with Crippen molar-refractivity contribution in [2.45, 2.75) is 36.4 Å². The van der Waals surface area contributed by atoms with Crippen LogP contribution < -0.4 is 5.56 Å². The van der Waals surface area contributed by atoms with Gasteiger partial charge in [0.05, 0.1) is 16.8 Å². The highest BCUT2D eigenvalue weighted by Gasteiger charge is 2.28. The lowest BCUT2D eigenvalue weighted by Crippen LogP contribution is -2.28. The summed E-state index contributed by atoms with van der Waals surface area (Å²) in [7, 11) is 0. The average Bonchev–Trinajstić information content (AvgIpc) is 2.95. The van der Waals surface area contributed by atoms with E-state index in [-0.39, 0.29) is 17.5 Å². The highest BCUT2D eigenvalue weighted by atomic mass is 35.5. The van der Waals surface area contributed by atoms with Gasteiger partial charge >= 0.3 is 0 Å². The van der Waals surface area contributed by atoms with Gasteiger partial charge in [0, 0.05) is 11.3 Å². The van der Waals surface area contributed by atoms with Crippen LogP contribution in [0.4, 0.5) is 0 Å². The van der Waals surface area contributed by atoms with Gasteiger partial charge in [-0.3, -0.25) is 9.36 Å². The highest BCUT2D eigenvalue weighted by molar-refractivity contribution is 7.99. The summed E-state index contributed by atoms with van der Waals surface area (Å²) in [4.78, 5) is 17.3. The molecule has 106 valence electrons. The zero-order valence-electron chi connectivity index (χ0n) is 11.4. The van der Waals surface area contributed by atoms with E-state index < -0.39 is 0 Å². The Bertz CT molecular complexity index is 685. The number of fused-ring (bicyclic) bond motifs is 1. The first-order valence-corrected chi connectivity index (χ1v) is 8.65. The quantitative estimate of drug-likeness (QED) is 0.813. The smallest absolute Gasteiger partial charge is 0.261 e. The Morgan fingerprint density at radius 1 is 1.40 bits per heavy atom. The Balaban J connectivity index is 2.14. The first kappa shape index (κ1) is 14.0. The number of hydrogen-bond acceptors (Lipinski definition) is 3. The lowest BCUT2D eigenvalue weighted by molar-refractivity contribution is 0.485. The second-order valence-electron chi connectivity index (χ2n) is 5.18. The third-order valence-corrected chi connectivity index (χ3v) is 5.39. The van der Waals surface area contributed by atoms with Crippen LogP contribution in [0.1, 0.15) is 31.1 Å². The number of benzene rings is 1. The molecule has 0 spiro atoms. The van der Waals surface area contributed by atoms with Crippen LogP contribution in [-0.4, -0.2) is 21.1 Å². The van der Waals surface area contributed by atoms with Crippen LogP contribution in [0.2, 0.25) is 0 Å². The maximum atomic E-state index is 12.7. The zero-order chi connectivity index (χ0) is 14.1. The van der Waals surface area contributed by atoms with Gasteiger partial charge in [-0.05, 0) is 37.7 Å². The van der Waals surface area contributed by atoms with Crippen molar-refractivity contribution in [2.24, 2.45) is 0 Å². The number of rotatable bonds is 3. The van der Waals surface area contributed by atoms with Crippen LogP contribution in [0.5, 0.6) is 0 Å². The normalized spacial score (nSPS) is 22.5. The molecule has 0 aliphatic heterocycles. The van der Waals surface area contributed by atoms with E-state index in [1.165, 1.54) is 0 Å². The molecule has 1 heterocycles. The van der Waals surface area contributed by atoms with Crippen LogP contribution in [-0.2, 0) is 5.88 Å². The van der Waals surface area contributed by atoms with Crippen molar-refractivity contribution in [1.82, 2.24) is 9.55 Å². The molecule has 2 atom stereocenters. The molecule has 1 aliphatic rings. The number of thioether (sulfide) groups is 1. The molecule has 0 radical (unpaired) electrons. The summed E-state index contributed by atoms with van der Waals surface area (Å²) in [6.07, 6.45) is 5.37. The molecule has 20 heavy (non-hydrogen) atoms. The van der Waals surface area contributed by atoms with E-state index in [1.54, 1.807) is 0 Å². The summed E-state index contributed by atoms with van der Waals surface area (Å²) in [6, 6.07) is 7.74. The van der Waals surface area contributed by atoms with E-state index in [4.69, 9.17) is 11.6 Å². The maximum absolute atomic E-state index is 12.7. The van der Waals surface area contributed by atoms with E-state index in [1.807, 2.05) is 40.6 Å². The van der Waals surface area contributed by atoms with E-state index in [2.05, 4.69) is 11.2 Å². The van der Waals surface area contributed by atoms with Gasteiger partial charge in [-0.25, -0.2) is 4.98 Å². The molecule has 1 saturated carbocycles. The molecule has 3 rings (SSSR count). The van der Waals surface area contributed by atoms with Crippen molar-refractivity contribution in [3.8, 4) is 0 Å². The lowest BCUT2D eigenvalue weighted by atomic mass is 10.2. The number of aromatic nitrogens is 2. The third-order valence-electron chi connectivity index (χ3n) is 4.06. The molecular weight excluding hydrogens is 292 g/mol. The second kappa shape index (κ2) is 5.78. The topological polar surface area (TPSA) is 34.9 Å². The van der Waals surface area contributed by atoms with Crippen LogP contribution in [0.3, 0.4) is 0 Å². The summed E-state index contributed by atoms with van der Waals surface area (Å²) in [6.45, 7) is 0. The first-order valence-electron chi connectivity index (χ1n) is 6.83. The SMILES string of the molecule is CSC1CCC(n2c(CCl)nc3ccccc3c2=O)C1. The van der Waals surface area contributed by atoms with Crippen molar-refractivity contribution >= 4 is 34.3 Å². The van der Waals surface area contributed by atoms with E-state index in [0.29, 0.717) is 16.5 Å². The first-order chi connectivity index (χ1) is 9.74. The van der Waals surface area contributed by atoms with Gasteiger partial charge in [0.15, 0.2) is 0 Å². The molecule has 3 nitrogen and oxygen atoms in total. The van der Waals surface area contributed by atoms with Crippen molar-refractivity contribution in [3.05, 3.63) is 40.4 Å². The molecule has 1 aromatic carbocycles. The Hall–Kier alpha value is -1.00. The summed E-state index contributed by atoms with van der Waals surface area (Å²) < 4.78 is 1.84. The van der Waals surface area contributed by atoms with Crippen molar-refractivity contribution < 1.29 is 0 Å². The van der Waals surface area contributed by atoms with E-state index in [0.717, 1.165) is 24.8 Å².